The second kappa shape index (κ2) is 4.24. The van der Waals surface area contributed by atoms with Gasteiger partial charge in [-0.1, -0.05) is 78.9 Å². The molecule has 0 unspecified atom stereocenters. The molecule has 1 aliphatic rings. The van der Waals surface area contributed by atoms with Crippen molar-refractivity contribution in [1.82, 2.24) is 0 Å². The Bertz CT molecular complexity index is 1340. The monoisotopic (exact) mass is 302 g/mol. The highest BCUT2D eigenvalue weighted by molar-refractivity contribution is 6.29. The first kappa shape index (κ1) is 12.3. The van der Waals surface area contributed by atoms with E-state index in [1.807, 2.05) is 0 Å². The van der Waals surface area contributed by atoms with Crippen LogP contribution in [0.15, 0.2) is 72.8 Å². The average Bonchev–Trinajstić information content (AvgIpc) is 3.05. The maximum Gasteiger partial charge on any atom is -0.00199 e. The lowest BCUT2D eigenvalue weighted by molar-refractivity contribution is 1.75. The van der Waals surface area contributed by atoms with E-state index in [4.69, 9.17) is 0 Å². The highest BCUT2D eigenvalue weighted by Gasteiger charge is 2.14. The summed E-state index contributed by atoms with van der Waals surface area (Å²) in [5.41, 5.74) is 2.68. The molecule has 24 heavy (non-hydrogen) atoms. The molecule has 0 N–H and O–H groups in total. The summed E-state index contributed by atoms with van der Waals surface area (Å²) in [5.74, 6) is 0. The van der Waals surface area contributed by atoms with Gasteiger partial charge in [-0.3, -0.25) is 0 Å². The van der Waals surface area contributed by atoms with E-state index in [0.717, 1.165) is 0 Å². The van der Waals surface area contributed by atoms with E-state index in [2.05, 4.69) is 84.9 Å². The Morgan fingerprint density at radius 3 is 2.08 bits per heavy atom. The molecule has 0 saturated heterocycles. The minimum absolute atomic E-state index is 1.30. The zero-order chi connectivity index (χ0) is 15.7. The van der Waals surface area contributed by atoms with Gasteiger partial charge in [-0.05, 0) is 60.3 Å². The van der Waals surface area contributed by atoms with Crippen molar-refractivity contribution in [2.75, 3.05) is 0 Å². The zero-order valence-corrected chi connectivity index (χ0v) is 13.1. The van der Waals surface area contributed by atoms with E-state index in [-0.39, 0.29) is 0 Å². The topological polar surface area (TPSA) is 0 Å². The molecule has 0 saturated carbocycles. The summed E-state index contributed by atoms with van der Waals surface area (Å²) in [6.07, 6.45) is 4.47. The number of fused-ring (bicyclic) bond motifs is 6. The molecule has 0 fully saturated rings. The SMILES string of the molecule is C1=Cc2cc3ccc4ccc5ccccc5c4c3c3cccc1c23. The molecule has 1 aliphatic carbocycles. The van der Waals surface area contributed by atoms with E-state index in [0.29, 0.717) is 0 Å². The number of hydrogen-bond donors (Lipinski definition) is 0. The maximum absolute atomic E-state index is 2.34. The Hall–Kier alpha value is -3.12. The summed E-state index contributed by atoms with van der Waals surface area (Å²) in [4.78, 5) is 0. The van der Waals surface area contributed by atoms with Crippen LogP contribution in [0, 0.1) is 0 Å². The lowest BCUT2D eigenvalue weighted by Gasteiger charge is -2.12. The fraction of sp³-hybridized carbons (Fsp3) is 0. The Kier molecular flexibility index (Phi) is 2.18. The molecule has 0 nitrogen and oxygen atoms in total. The number of benzene rings is 5. The number of hydrogen-bond acceptors (Lipinski definition) is 0. The molecule has 6 rings (SSSR count). The molecule has 110 valence electrons. The molecule has 0 heterocycles. The van der Waals surface area contributed by atoms with Crippen molar-refractivity contribution in [2.24, 2.45) is 0 Å². The molecular formula is C24H14. The van der Waals surface area contributed by atoms with Crippen LogP contribution in [0.4, 0.5) is 0 Å². The normalized spacial score (nSPS) is 12.8. The van der Waals surface area contributed by atoms with E-state index in [9.17, 15) is 0 Å². The van der Waals surface area contributed by atoms with Crippen molar-refractivity contribution in [1.29, 1.82) is 0 Å². The minimum Gasteiger partial charge on any atom is -0.0616 e. The zero-order valence-electron chi connectivity index (χ0n) is 13.1. The van der Waals surface area contributed by atoms with Crippen molar-refractivity contribution in [2.45, 2.75) is 0 Å². The molecule has 0 spiro atoms. The largest absolute Gasteiger partial charge is 0.0616 e. The predicted molar refractivity (Wildman–Crippen MR) is 105 cm³/mol. The highest BCUT2D eigenvalue weighted by atomic mass is 14.2. The van der Waals surface area contributed by atoms with Crippen LogP contribution >= 0.6 is 0 Å². The van der Waals surface area contributed by atoms with Crippen molar-refractivity contribution >= 4 is 55.2 Å². The third-order valence-electron chi connectivity index (χ3n) is 5.35. The summed E-state index contributed by atoms with van der Waals surface area (Å²) in [6.45, 7) is 0. The fourth-order valence-electron chi connectivity index (χ4n) is 4.31. The molecule has 5 aromatic rings. The second-order valence-electron chi connectivity index (χ2n) is 6.62. The molecule has 0 aromatic heterocycles. The fourth-order valence-corrected chi connectivity index (χ4v) is 4.31. The van der Waals surface area contributed by atoms with Gasteiger partial charge in [-0.15, -0.1) is 0 Å². The van der Waals surface area contributed by atoms with Gasteiger partial charge in [0, 0.05) is 0 Å². The van der Waals surface area contributed by atoms with Gasteiger partial charge in [-0.25, -0.2) is 0 Å². The van der Waals surface area contributed by atoms with Gasteiger partial charge in [0.05, 0.1) is 0 Å². The van der Waals surface area contributed by atoms with E-state index >= 15 is 0 Å². The quantitative estimate of drug-likeness (QED) is 0.271. The van der Waals surface area contributed by atoms with Crippen LogP contribution in [0.25, 0.3) is 55.2 Å². The van der Waals surface area contributed by atoms with Crippen molar-refractivity contribution in [3.63, 3.8) is 0 Å². The highest BCUT2D eigenvalue weighted by Crippen LogP contribution is 2.41. The summed E-state index contributed by atoms with van der Waals surface area (Å²) in [6, 6.07) is 26.7. The van der Waals surface area contributed by atoms with Crippen LogP contribution in [0.1, 0.15) is 11.1 Å². The van der Waals surface area contributed by atoms with E-state index in [1.165, 1.54) is 54.2 Å². The lowest BCUT2D eigenvalue weighted by atomic mass is 9.91. The first-order valence-corrected chi connectivity index (χ1v) is 8.38. The van der Waals surface area contributed by atoms with Gasteiger partial charge < -0.3 is 0 Å². The minimum atomic E-state index is 1.30. The molecule has 0 radical (unpaired) electrons. The van der Waals surface area contributed by atoms with Gasteiger partial charge >= 0.3 is 0 Å². The van der Waals surface area contributed by atoms with Crippen LogP contribution in [0.5, 0.6) is 0 Å². The van der Waals surface area contributed by atoms with Crippen molar-refractivity contribution < 1.29 is 0 Å². The van der Waals surface area contributed by atoms with Crippen LogP contribution in [0.3, 0.4) is 0 Å². The first-order valence-electron chi connectivity index (χ1n) is 8.38. The van der Waals surface area contributed by atoms with Gasteiger partial charge in [0.1, 0.15) is 0 Å². The summed E-state index contributed by atoms with van der Waals surface area (Å²) in [5, 5.41) is 10.8. The predicted octanol–water partition coefficient (Wildman–Crippen LogP) is 6.78. The standard InChI is InChI=1S/C24H14/c1-2-6-20-15(4-1)8-9-17-11-13-19-14-18-12-10-16-5-3-7-21(22(16)18)24(19)23(17)20/h1-14H. The second-order valence-corrected chi connectivity index (χ2v) is 6.62. The number of rotatable bonds is 0. The van der Waals surface area contributed by atoms with Crippen LogP contribution in [0.2, 0.25) is 0 Å². The van der Waals surface area contributed by atoms with Crippen LogP contribution < -0.4 is 0 Å². The molecule has 0 heteroatoms. The molecular weight excluding hydrogens is 288 g/mol. The lowest BCUT2D eigenvalue weighted by Crippen LogP contribution is -1.86. The Labute approximate surface area is 139 Å². The van der Waals surface area contributed by atoms with Gasteiger partial charge in [0.15, 0.2) is 0 Å². The van der Waals surface area contributed by atoms with Gasteiger partial charge in [0.25, 0.3) is 0 Å². The van der Waals surface area contributed by atoms with E-state index in [1.54, 1.807) is 0 Å². The molecule has 0 atom stereocenters. The van der Waals surface area contributed by atoms with Gasteiger partial charge in [-0.2, -0.15) is 0 Å². The summed E-state index contributed by atoms with van der Waals surface area (Å²) in [7, 11) is 0. The molecule has 5 aromatic carbocycles. The molecule has 0 amide bonds. The van der Waals surface area contributed by atoms with Crippen molar-refractivity contribution in [3.8, 4) is 0 Å². The smallest absolute Gasteiger partial charge is 0.00199 e. The Morgan fingerprint density at radius 2 is 1.12 bits per heavy atom. The van der Waals surface area contributed by atoms with Crippen LogP contribution in [-0.4, -0.2) is 0 Å². The maximum atomic E-state index is 2.34. The molecule has 0 aliphatic heterocycles. The first-order chi connectivity index (χ1) is 11.9. The Balaban J connectivity index is 2.01. The van der Waals surface area contributed by atoms with E-state index < -0.39 is 0 Å². The summed E-state index contributed by atoms with van der Waals surface area (Å²) >= 11 is 0. The third-order valence-corrected chi connectivity index (χ3v) is 5.35. The third kappa shape index (κ3) is 1.43. The average molecular weight is 302 g/mol. The molecule has 0 bridgehead atoms. The Morgan fingerprint density at radius 1 is 0.417 bits per heavy atom. The summed E-state index contributed by atoms with van der Waals surface area (Å²) < 4.78 is 0. The van der Waals surface area contributed by atoms with Crippen LogP contribution in [-0.2, 0) is 0 Å². The van der Waals surface area contributed by atoms with Crippen molar-refractivity contribution in [3.05, 3.63) is 83.9 Å². The van der Waals surface area contributed by atoms with Gasteiger partial charge in [0.2, 0.25) is 0 Å².